The van der Waals surface area contributed by atoms with Crippen molar-refractivity contribution in [2.24, 2.45) is 0 Å². The molecular formula is C13H9FO. The molecule has 0 heterocycles. The van der Waals surface area contributed by atoms with E-state index in [1.807, 2.05) is 24.3 Å². The summed E-state index contributed by atoms with van der Waals surface area (Å²) < 4.78 is 13.0. The van der Waals surface area contributed by atoms with Gasteiger partial charge in [0.1, 0.15) is 11.9 Å². The SMILES string of the molecule is O[C@H]1c2ccccc2-c2ccc(F)cc21. The molecule has 15 heavy (non-hydrogen) atoms. The van der Waals surface area contributed by atoms with Gasteiger partial charge in [-0.05, 0) is 34.4 Å². The van der Waals surface area contributed by atoms with Crippen LogP contribution in [-0.4, -0.2) is 5.11 Å². The van der Waals surface area contributed by atoms with Gasteiger partial charge in [-0.15, -0.1) is 0 Å². The maximum atomic E-state index is 13.0. The summed E-state index contributed by atoms with van der Waals surface area (Å²) >= 11 is 0. The van der Waals surface area contributed by atoms with Crippen LogP contribution in [0.4, 0.5) is 4.39 Å². The number of fused-ring (bicyclic) bond motifs is 3. The lowest BCUT2D eigenvalue weighted by molar-refractivity contribution is 0.225. The van der Waals surface area contributed by atoms with Gasteiger partial charge in [-0.3, -0.25) is 0 Å². The highest BCUT2D eigenvalue weighted by atomic mass is 19.1. The minimum Gasteiger partial charge on any atom is -0.384 e. The summed E-state index contributed by atoms with van der Waals surface area (Å²) in [6, 6.07) is 12.2. The smallest absolute Gasteiger partial charge is 0.123 e. The Hall–Kier alpha value is -1.67. The highest BCUT2D eigenvalue weighted by molar-refractivity contribution is 5.77. The van der Waals surface area contributed by atoms with Crippen LogP contribution in [0.2, 0.25) is 0 Å². The Morgan fingerprint density at radius 3 is 2.53 bits per heavy atom. The number of hydrogen-bond donors (Lipinski definition) is 1. The second-order valence-electron chi connectivity index (χ2n) is 3.72. The minimum absolute atomic E-state index is 0.305. The lowest BCUT2D eigenvalue weighted by atomic mass is 10.1. The molecule has 0 aliphatic heterocycles. The second-order valence-corrected chi connectivity index (χ2v) is 3.72. The molecule has 0 amide bonds. The zero-order valence-electron chi connectivity index (χ0n) is 7.94. The van der Waals surface area contributed by atoms with Crippen molar-refractivity contribution in [2.45, 2.75) is 6.10 Å². The molecule has 0 unspecified atom stereocenters. The van der Waals surface area contributed by atoms with Crippen LogP contribution in [0.1, 0.15) is 17.2 Å². The zero-order chi connectivity index (χ0) is 10.4. The minimum atomic E-state index is -0.688. The van der Waals surface area contributed by atoms with E-state index in [-0.39, 0.29) is 5.82 Å². The molecule has 1 aliphatic carbocycles. The normalized spacial score (nSPS) is 17.3. The Bertz CT molecular complexity index is 534. The van der Waals surface area contributed by atoms with Gasteiger partial charge in [-0.1, -0.05) is 30.3 Å². The molecule has 1 nitrogen and oxygen atoms in total. The Balaban J connectivity index is 2.32. The van der Waals surface area contributed by atoms with Gasteiger partial charge in [-0.2, -0.15) is 0 Å². The Kier molecular flexibility index (Phi) is 1.67. The van der Waals surface area contributed by atoms with E-state index in [2.05, 4.69) is 0 Å². The quantitative estimate of drug-likeness (QED) is 0.693. The van der Waals surface area contributed by atoms with Crippen LogP contribution in [0, 0.1) is 5.82 Å². The van der Waals surface area contributed by atoms with Gasteiger partial charge in [0, 0.05) is 0 Å². The number of benzene rings is 2. The molecule has 1 aliphatic rings. The van der Waals surface area contributed by atoms with Crippen LogP contribution < -0.4 is 0 Å². The van der Waals surface area contributed by atoms with Crippen LogP contribution in [0.5, 0.6) is 0 Å². The fraction of sp³-hybridized carbons (Fsp3) is 0.0769. The highest BCUT2D eigenvalue weighted by Crippen LogP contribution is 2.43. The topological polar surface area (TPSA) is 20.2 Å². The van der Waals surface area contributed by atoms with Gasteiger partial charge >= 0.3 is 0 Å². The van der Waals surface area contributed by atoms with Crippen molar-refractivity contribution in [1.29, 1.82) is 0 Å². The summed E-state index contributed by atoms with van der Waals surface area (Å²) in [5.74, 6) is -0.305. The van der Waals surface area contributed by atoms with Gasteiger partial charge in [0.2, 0.25) is 0 Å². The monoisotopic (exact) mass is 200 g/mol. The summed E-state index contributed by atoms with van der Waals surface area (Å²) in [7, 11) is 0. The summed E-state index contributed by atoms with van der Waals surface area (Å²) in [6.07, 6.45) is -0.688. The van der Waals surface area contributed by atoms with Crippen LogP contribution in [0.25, 0.3) is 11.1 Å². The fourth-order valence-corrected chi connectivity index (χ4v) is 2.15. The van der Waals surface area contributed by atoms with Crippen LogP contribution in [0.3, 0.4) is 0 Å². The number of aliphatic hydroxyl groups is 1. The van der Waals surface area contributed by atoms with Gasteiger partial charge in [0.15, 0.2) is 0 Å². The average Bonchev–Trinajstić information content (AvgIpc) is 2.54. The third kappa shape index (κ3) is 1.12. The van der Waals surface area contributed by atoms with E-state index < -0.39 is 6.10 Å². The standard InChI is InChI=1S/C13H9FO/c14-8-5-6-10-9-3-1-2-4-11(9)13(15)12(10)7-8/h1-7,13,15H/t13-/m0/s1. The third-order valence-corrected chi connectivity index (χ3v) is 2.85. The molecule has 0 bridgehead atoms. The third-order valence-electron chi connectivity index (χ3n) is 2.85. The van der Waals surface area contributed by atoms with Gasteiger partial charge in [0.05, 0.1) is 0 Å². The van der Waals surface area contributed by atoms with E-state index in [1.54, 1.807) is 6.07 Å². The summed E-state index contributed by atoms with van der Waals surface area (Å²) in [5.41, 5.74) is 3.45. The van der Waals surface area contributed by atoms with Gasteiger partial charge in [0.25, 0.3) is 0 Å². The molecule has 2 aromatic carbocycles. The van der Waals surface area contributed by atoms with E-state index in [0.717, 1.165) is 16.7 Å². The Morgan fingerprint density at radius 2 is 1.67 bits per heavy atom. The molecule has 0 radical (unpaired) electrons. The van der Waals surface area contributed by atoms with Crippen molar-refractivity contribution in [3.8, 4) is 11.1 Å². The Morgan fingerprint density at radius 1 is 0.933 bits per heavy atom. The van der Waals surface area contributed by atoms with E-state index in [1.165, 1.54) is 12.1 Å². The maximum Gasteiger partial charge on any atom is 0.123 e. The van der Waals surface area contributed by atoms with Crippen molar-refractivity contribution in [2.75, 3.05) is 0 Å². The molecule has 1 atom stereocenters. The summed E-state index contributed by atoms with van der Waals surface area (Å²) in [4.78, 5) is 0. The van der Waals surface area contributed by atoms with Crippen LogP contribution in [0.15, 0.2) is 42.5 Å². The zero-order valence-corrected chi connectivity index (χ0v) is 7.94. The highest BCUT2D eigenvalue weighted by Gasteiger charge is 2.26. The summed E-state index contributed by atoms with van der Waals surface area (Å²) in [6.45, 7) is 0. The van der Waals surface area contributed by atoms with Crippen molar-refractivity contribution in [3.05, 3.63) is 59.4 Å². The lowest BCUT2D eigenvalue weighted by Crippen LogP contribution is -1.93. The first-order valence-corrected chi connectivity index (χ1v) is 4.84. The molecular weight excluding hydrogens is 191 g/mol. The molecule has 0 saturated heterocycles. The molecule has 3 rings (SSSR count). The largest absolute Gasteiger partial charge is 0.384 e. The molecule has 0 aromatic heterocycles. The van der Waals surface area contributed by atoms with Crippen molar-refractivity contribution in [3.63, 3.8) is 0 Å². The lowest BCUT2D eigenvalue weighted by Gasteiger charge is -2.04. The van der Waals surface area contributed by atoms with Gasteiger partial charge < -0.3 is 5.11 Å². The fourth-order valence-electron chi connectivity index (χ4n) is 2.15. The maximum absolute atomic E-state index is 13.0. The summed E-state index contributed by atoms with van der Waals surface area (Å²) in [5, 5.41) is 9.99. The molecule has 1 N–H and O–H groups in total. The first-order chi connectivity index (χ1) is 7.27. The first-order valence-electron chi connectivity index (χ1n) is 4.84. The molecule has 0 fully saturated rings. The number of aliphatic hydroxyl groups excluding tert-OH is 1. The number of hydrogen-bond acceptors (Lipinski definition) is 1. The van der Waals surface area contributed by atoms with Gasteiger partial charge in [-0.25, -0.2) is 4.39 Å². The van der Waals surface area contributed by atoms with Crippen LogP contribution >= 0.6 is 0 Å². The number of halogens is 1. The van der Waals surface area contributed by atoms with Crippen molar-refractivity contribution in [1.82, 2.24) is 0 Å². The molecule has 74 valence electrons. The first kappa shape index (κ1) is 8.62. The van der Waals surface area contributed by atoms with E-state index in [0.29, 0.717) is 5.56 Å². The Labute approximate surface area is 86.8 Å². The molecule has 2 heteroatoms. The second kappa shape index (κ2) is 2.91. The van der Waals surface area contributed by atoms with E-state index in [9.17, 15) is 9.50 Å². The number of rotatable bonds is 0. The van der Waals surface area contributed by atoms with Crippen molar-refractivity contribution >= 4 is 0 Å². The predicted molar refractivity (Wildman–Crippen MR) is 55.9 cm³/mol. The predicted octanol–water partition coefficient (Wildman–Crippen LogP) is 2.89. The van der Waals surface area contributed by atoms with Crippen LogP contribution in [-0.2, 0) is 0 Å². The van der Waals surface area contributed by atoms with Crippen molar-refractivity contribution < 1.29 is 9.50 Å². The molecule has 0 saturated carbocycles. The molecule has 0 spiro atoms. The van der Waals surface area contributed by atoms with E-state index >= 15 is 0 Å². The van der Waals surface area contributed by atoms with E-state index in [4.69, 9.17) is 0 Å². The molecule has 2 aromatic rings. The average molecular weight is 200 g/mol.